The minimum absolute atomic E-state index is 0.157. The predicted octanol–water partition coefficient (Wildman–Crippen LogP) is -1.64. The summed E-state index contributed by atoms with van der Waals surface area (Å²) in [7, 11) is 0. The maximum Gasteiger partial charge on any atom is 0.312 e. The van der Waals surface area contributed by atoms with E-state index in [1.165, 1.54) is 4.90 Å². The fraction of sp³-hybridized carbons (Fsp3) is 0.786. The number of rotatable bonds is 4. The van der Waals surface area contributed by atoms with E-state index in [0.29, 0.717) is 13.0 Å². The van der Waals surface area contributed by atoms with Crippen molar-refractivity contribution in [3.63, 3.8) is 0 Å². The molecule has 2 aliphatic rings. The van der Waals surface area contributed by atoms with Gasteiger partial charge >= 0.3 is 5.97 Å². The van der Waals surface area contributed by atoms with Gasteiger partial charge in [0.25, 0.3) is 0 Å². The molecule has 0 saturated carbocycles. The number of nitrogens with one attached hydrogen (secondary N) is 1. The Bertz CT molecular complexity index is 501. The molecular weight excluding hydrogens is 290 g/mol. The molecule has 0 bridgehead atoms. The predicted molar refractivity (Wildman–Crippen MR) is 76.5 cm³/mol. The van der Waals surface area contributed by atoms with Crippen molar-refractivity contribution < 1.29 is 24.2 Å². The summed E-state index contributed by atoms with van der Waals surface area (Å²) in [5.41, 5.74) is 3.51. The first-order valence-electron chi connectivity index (χ1n) is 7.31. The fourth-order valence-corrected chi connectivity index (χ4v) is 3.06. The molecule has 3 atom stereocenters. The van der Waals surface area contributed by atoms with Crippen LogP contribution in [-0.4, -0.2) is 64.7 Å². The van der Waals surface area contributed by atoms with E-state index in [0.717, 1.165) is 0 Å². The summed E-state index contributed by atoms with van der Waals surface area (Å²) < 4.78 is 5.38. The number of esters is 1. The Morgan fingerprint density at radius 3 is 2.64 bits per heavy atom. The number of carbonyl (C=O) groups is 3. The highest BCUT2D eigenvalue weighted by Crippen LogP contribution is 2.39. The molecule has 1 spiro atoms. The third kappa shape index (κ3) is 2.68. The van der Waals surface area contributed by atoms with Crippen molar-refractivity contribution in [3.05, 3.63) is 0 Å². The van der Waals surface area contributed by atoms with Gasteiger partial charge in [-0.3, -0.25) is 14.4 Å². The summed E-state index contributed by atoms with van der Waals surface area (Å²) in [4.78, 5) is 37.3. The van der Waals surface area contributed by atoms with Crippen LogP contribution in [-0.2, 0) is 19.1 Å². The quantitative estimate of drug-likeness (QED) is 0.423. The first-order valence-corrected chi connectivity index (χ1v) is 7.31. The SMILES string of the molecule is CC(C)(C)OC(=O)C1CCNC12CN([C@@H](CO)C(N)=O)C2=O. The molecule has 22 heavy (non-hydrogen) atoms. The molecule has 2 heterocycles. The highest BCUT2D eigenvalue weighted by molar-refractivity contribution is 6.01. The van der Waals surface area contributed by atoms with E-state index in [-0.39, 0.29) is 6.54 Å². The first-order chi connectivity index (χ1) is 10.1. The Hall–Kier alpha value is -1.67. The van der Waals surface area contributed by atoms with Crippen LogP contribution in [0.4, 0.5) is 0 Å². The molecule has 2 rings (SSSR count). The largest absolute Gasteiger partial charge is 0.460 e. The zero-order chi connectivity index (χ0) is 16.7. The molecule has 8 nitrogen and oxygen atoms in total. The Labute approximate surface area is 129 Å². The molecule has 2 saturated heterocycles. The molecule has 2 unspecified atom stereocenters. The highest BCUT2D eigenvalue weighted by atomic mass is 16.6. The third-order valence-electron chi connectivity index (χ3n) is 4.10. The number of hydrogen-bond donors (Lipinski definition) is 3. The van der Waals surface area contributed by atoms with Crippen LogP contribution in [0.5, 0.6) is 0 Å². The van der Waals surface area contributed by atoms with Gasteiger partial charge in [-0.15, -0.1) is 0 Å². The standard InChI is InChI=1S/C14H23N3O5/c1-13(2,3)22-11(20)8-4-5-16-14(8)7-17(12(14)21)9(6-18)10(15)19/h8-9,16,18H,4-7H2,1-3H3,(H2,15,19)/t8?,9-,14?/m0/s1. The van der Waals surface area contributed by atoms with Gasteiger partial charge in [0.15, 0.2) is 0 Å². The Morgan fingerprint density at radius 2 is 2.18 bits per heavy atom. The van der Waals surface area contributed by atoms with Crippen LogP contribution in [0.15, 0.2) is 0 Å². The number of amides is 2. The van der Waals surface area contributed by atoms with E-state index in [1.54, 1.807) is 20.8 Å². The number of ether oxygens (including phenoxy) is 1. The maximum atomic E-state index is 12.5. The second-order valence-electron chi connectivity index (χ2n) is 6.81. The summed E-state index contributed by atoms with van der Waals surface area (Å²) in [5, 5.41) is 12.3. The van der Waals surface area contributed by atoms with E-state index < -0.39 is 47.5 Å². The van der Waals surface area contributed by atoms with Gasteiger partial charge in [-0.1, -0.05) is 0 Å². The zero-order valence-electron chi connectivity index (χ0n) is 13.1. The van der Waals surface area contributed by atoms with Crippen molar-refractivity contribution in [2.45, 2.75) is 44.4 Å². The average Bonchev–Trinajstić information content (AvgIpc) is 2.83. The maximum absolute atomic E-state index is 12.5. The number of hydrogen-bond acceptors (Lipinski definition) is 6. The highest BCUT2D eigenvalue weighted by Gasteiger charge is 2.63. The molecule has 2 aliphatic heterocycles. The molecule has 0 aliphatic carbocycles. The molecule has 0 aromatic carbocycles. The number of primary amides is 1. The van der Waals surface area contributed by atoms with Crippen LogP contribution < -0.4 is 11.1 Å². The summed E-state index contributed by atoms with van der Waals surface area (Å²) in [6, 6.07) is -1.06. The van der Waals surface area contributed by atoms with E-state index in [4.69, 9.17) is 10.5 Å². The van der Waals surface area contributed by atoms with Gasteiger partial charge in [0.2, 0.25) is 11.8 Å². The van der Waals surface area contributed by atoms with Crippen LogP contribution in [0.1, 0.15) is 27.2 Å². The van der Waals surface area contributed by atoms with E-state index in [1.807, 2.05) is 0 Å². The summed E-state index contributed by atoms with van der Waals surface area (Å²) in [6.45, 7) is 5.44. The number of carbonyl (C=O) groups excluding carboxylic acids is 3. The molecule has 4 N–H and O–H groups in total. The number of aliphatic hydroxyl groups excluding tert-OH is 1. The first kappa shape index (κ1) is 16.7. The number of aliphatic hydroxyl groups is 1. The van der Waals surface area contributed by atoms with Crippen LogP contribution in [0.25, 0.3) is 0 Å². The van der Waals surface area contributed by atoms with Crippen LogP contribution in [0, 0.1) is 5.92 Å². The van der Waals surface area contributed by atoms with E-state index in [9.17, 15) is 19.5 Å². The van der Waals surface area contributed by atoms with Crippen LogP contribution in [0.3, 0.4) is 0 Å². The molecule has 2 amide bonds. The average molecular weight is 313 g/mol. The summed E-state index contributed by atoms with van der Waals surface area (Å²) in [6.07, 6.45) is 0.495. The molecular formula is C14H23N3O5. The van der Waals surface area contributed by atoms with E-state index >= 15 is 0 Å². The lowest BCUT2D eigenvalue weighted by molar-refractivity contribution is -0.176. The number of β-lactam (4-membered cyclic amide) rings is 1. The van der Waals surface area contributed by atoms with Gasteiger partial charge in [-0.05, 0) is 33.7 Å². The van der Waals surface area contributed by atoms with Crippen LogP contribution in [0.2, 0.25) is 0 Å². The van der Waals surface area contributed by atoms with Crippen molar-refractivity contribution >= 4 is 17.8 Å². The molecule has 124 valence electrons. The zero-order valence-corrected chi connectivity index (χ0v) is 13.1. The number of likely N-dealkylation sites (tertiary alicyclic amines) is 1. The normalized spacial score (nSPS) is 29.4. The van der Waals surface area contributed by atoms with Gasteiger partial charge in [0.05, 0.1) is 12.5 Å². The Kier molecular flexibility index (Phi) is 4.18. The van der Waals surface area contributed by atoms with Crippen molar-refractivity contribution in [1.82, 2.24) is 10.2 Å². The van der Waals surface area contributed by atoms with Crippen molar-refractivity contribution in [2.75, 3.05) is 19.7 Å². The monoisotopic (exact) mass is 313 g/mol. The van der Waals surface area contributed by atoms with Crippen LogP contribution >= 0.6 is 0 Å². The molecule has 0 aromatic heterocycles. The third-order valence-corrected chi connectivity index (χ3v) is 4.10. The molecule has 0 radical (unpaired) electrons. The van der Waals surface area contributed by atoms with Crippen molar-refractivity contribution in [2.24, 2.45) is 11.7 Å². The topological polar surface area (TPSA) is 122 Å². The Balaban J connectivity index is 2.13. The number of nitrogens with two attached hydrogens (primary N) is 1. The Morgan fingerprint density at radius 1 is 1.55 bits per heavy atom. The fourth-order valence-electron chi connectivity index (χ4n) is 3.06. The second kappa shape index (κ2) is 5.51. The molecule has 8 heteroatoms. The second-order valence-corrected chi connectivity index (χ2v) is 6.81. The number of nitrogens with zero attached hydrogens (tertiary/aromatic N) is 1. The van der Waals surface area contributed by atoms with Gasteiger partial charge in [-0.2, -0.15) is 0 Å². The van der Waals surface area contributed by atoms with Crippen molar-refractivity contribution in [3.8, 4) is 0 Å². The summed E-state index contributed by atoms with van der Waals surface area (Å²) in [5.74, 6) is -2.18. The minimum atomic E-state index is -1.06. The van der Waals surface area contributed by atoms with Gasteiger partial charge in [0, 0.05) is 6.54 Å². The lowest BCUT2D eigenvalue weighted by Gasteiger charge is -2.51. The summed E-state index contributed by atoms with van der Waals surface area (Å²) >= 11 is 0. The minimum Gasteiger partial charge on any atom is -0.460 e. The van der Waals surface area contributed by atoms with E-state index in [2.05, 4.69) is 5.32 Å². The smallest absolute Gasteiger partial charge is 0.312 e. The molecule has 2 fully saturated rings. The van der Waals surface area contributed by atoms with Gasteiger partial charge in [0.1, 0.15) is 17.2 Å². The van der Waals surface area contributed by atoms with Crippen molar-refractivity contribution in [1.29, 1.82) is 0 Å². The van der Waals surface area contributed by atoms with Gasteiger partial charge < -0.3 is 25.8 Å². The van der Waals surface area contributed by atoms with Gasteiger partial charge in [-0.25, -0.2) is 0 Å². The molecule has 0 aromatic rings. The lowest BCUT2D eigenvalue weighted by atomic mass is 9.77. The lowest BCUT2D eigenvalue weighted by Crippen LogP contribution is -2.78.